The highest BCUT2D eigenvalue weighted by Gasteiger charge is 2.08. The Labute approximate surface area is 103 Å². The first-order chi connectivity index (χ1) is 8.56. The zero-order chi connectivity index (χ0) is 13.1. The minimum Gasteiger partial charge on any atom is -0.506 e. The van der Waals surface area contributed by atoms with Gasteiger partial charge in [0.25, 0.3) is 5.91 Å². The summed E-state index contributed by atoms with van der Waals surface area (Å²) >= 11 is 0. The van der Waals surface area contributed by atoms with E-state index in [9.17, 15) is 14.7 Å². The number of aryl methyl sites for hydroxylation is 1. The van der Waals surface area contributed by atoms with Crippen molar-refractivity contribution in [2.75, 3.05) is 5.32 Å². The molecule has 3 N–H and O–H groups in total. The molecule has 0 saturated heterocycles. The van der Waals surface area contributed by atoms with E-state index in [4.69, 9.17) is 0 Å². The number of amides is 1. The Kier molecular flexibility index (Phi) is 3.14. The van der Waals surface area contributed by atoms with Crippen LogP contribution in [0.25, 0.3) is 0 Å². The summed E-state index contributed by atoms with van der Waals surface area (Å²) in [6.45, 7) is 1.84. The van der Waals surface area contributed by atoms with Gasteiger partial charge in [0.2, 0.25) is 5.56 Å². The number of hydrogen-bond acceptors (Lipinski definition) is 3. The third kappa shape index (κ3) is 2.57. The molecule has 5 nitrogen and oxygen atoms in total. The first-order valence-corrected chi connectivity index (χ1v) is 5.36. The van der Waals surface area contributed by atoms with Crippen LogP contribution in [0.3, 0.4) is 0 Å². The number of aromatic amines is 1. The Balaban J connectivity index is 2.21. The van der Waals surface area contributed by atoms with E-state index in [1.807, 2.05) is 6.92 Å². The van der Waals surface area contributed by atoms with Crippen molar-refractivity contribution in [1.29, 1.82) is 0 Å². The fourth-order valence-corrected chi connectivity index (χ4v) is 1.49. The van der Waals surface area contributed by atoms with Gasteiger partial charge in [-0.25, -0.2) is 0 Å². The summed E-state index contributed by atoms with van der Waals surface area (Å²) in [6, 6.07) is 7.64. The van der Waals surface area contributed by atoms with Gasteiger partial charge < -0.3 is 15.4 Å². The van der Waals surface area contributed by atoms with Crippen LogP contribution in [0.15, 0.2) is 41.3 Å². The zero-order valence-electron chi connectivity index (χ0n) is 9.73. The van der Waals surface area contributed by atoms with Gasteiger partial charge in [-0.1, -0.05) is 6.07 Å². The number of nitrogens with one attached hydrogen (secondary N) is 2. The van der Waals surface area contributed by atoms with E-state index in [1.54, 1.807) is 18.2 Å². The molecule has 0 saturated carbocycles. The van der Waals surface area contributed by atoms with Crippen LogP contribution >= 0.6 is 0 Å². The molecule has 1 aromatic carbocycles. The van der Waals surface area contributed by atoms with Gasteiger partial charge >= 0.3 is 0 Å². The Morgan fingerprint density at radius 2 is 2.06 bits per heavy atom. The molecule has 92 valence electrons. The molecule has 0 aliphatic rings. The number of hydrogen-bond donors (Lipinski definition) is 3. The summed E-state index contributed by atoms with van der Waals surface area (Å²) in [6.07, 6.45) is 1.32. The highest BCUT2D eigenvalue weighted by atomic mass is 16.3. The Hall–Kier alpha value is -2.56. The topological polar surface area (TPSA) is 82.2 Å². The molecule has 0 aliphatic heterocycles. The number of phenolic OH excluding ortho intramolecular Hbond substituents is 1. The van der Waals surface area contributed by atoms with E-state index >= 15 is 0 Å². The zero-order valence-corrected chi connectivity index (χ0v) is 9.73. The van der Waals surface area contributed by atoms with Crippen molar-refractivity contribution in [3.05, 3.63) is 58.0 Å². The normalized spacial score (nSPS) is 10.1. The van der Waals surface area contributed by atoms with Gasteiger partial charge in [0.1, 0.15) is 5.75 Å². The maximum atomic E-state index is 11.8. The fraction of sp³-hybridized carbons (Fsp3) is 0.0769. The Morgan fingerprint density at radius 3 is 2.67 bits per heavy atom. The smallest absolute Gasteiger partial charge is 0.257 e. The molecule has 18 heavy (non-hydrogen) atoms. The summed E-state index contributed by atoms with van der Waals surface area (Å²) in [5, 5.41) is 12.2. The van der Waals surface area contributed by atoms with Crippen molar-refractivity contribution < 1.29 is 9.90 Å². The summed E-state index contributed by atoms with van der Waals surface area (Å²) in [7, 11) is 0. The molecule has 0 atom stereocenters. The number of H-pyrrole nitrogens is 1. The molecule has 0 unspecified atom stereocenters. The average Bonchev–Trinajstić information content (AvgIpc) is 2.33. The summed E-state index contributed by atoms with van der Waals surface area (Å²) in [5.41, 5.74) is 1.27. The van der Waals surface area contributed by atoms with Crippen molar-refractivity contribution in [2.45, 2.75) is 6.92 Å². The number of aromatic nitrogens is 1. The van der Waals surface area contributed by atoms with Gasteiger partial charge in [0.15, 0.2) is 0 Å². The molecule has 2 aromatic rings. The monoisotopic (exact) mass is 244 g/mol. The molecule has 5 heteroatoms. The van der Waals surface area contributed by atoms with Gasteiger partial charge in [0.05, 0.1) is 11.3 Å². The van der Waals surface area contributed by atoms with Crippen molar-refractivity contribution in [1.82, 2.24) is 4.98 Å². The maximum absolute atomic E-state index is 11.8. The predicted octanol–water partition coefficient (Wildman–Crippen LogP) is 1.64. The van der Waals surface area contributed by atoms with Crippen LogP contribution in [-0.2, 0) is 0 Å². The van der Waals surface area contributed by atoms with Crippen molar-refractivity contribution in [3.8, 4) is 5.75 Å². The van der Waals surface area contributed by atoms with Crippen LogP contribution in [0.4, 0.5) is 5.69 Å². The number of phenols is 1. The van der Waals surface area contributed by atoms with Crippen LogP contribution in [0.5, 0.6) is 5.75 Å². The van der Waals surface area contributed by atoms with Crippen molar-refractivity contribution in [2.24, 2.45) is 0 Å². The van der Waals surface area contributed by atoms with Gasteiger partial charge in [-0.3, -0.25) is 9.59 Å². The van der Waals surface area contributed by atoms with E-state index in [-0.39, 0.29) is 11.3 Å². The van der Waals surface area contributed by atoms with Gasteiger partial charge in [-0.05, 0) is 30.7 Å². The molecule has 0 bridgehead atoms. The highest BCUT2D eigenvalue weighted by molar-refractivity contribution is 6.04. The molecule has 0 fully saturated rings. The standard InChI is InChI=1S/C13H12N2O3/c1-8-2-4-10(11(16)6-8)15-13(18)9-3-5-12(17)14-7-9/h2-7,16H,1H3,(H,14,17)(H,15,18). The van der Waals surface area contributed by atoms with E-state index < -0.39 is 5.91 Å². The number of carbonyl (C=O) groups is 1. The lowest BCUT2D eigenvalue weighted by Gasteiger charge is -2.07. The molecule has 1 heterocycles. The number of anilines is 1. The van der Waals surface area contributed by atoms with E-state index in [0.29, 0.717) is 11.3 Å². The fourth-order valence-electron chi connectivity index (χ4n) is 1.49. The van der Waals surface area contributed by atoms with Crippen LogP contribution in [0, 0.1) is 6.92 Å². The first-order valence-electron chi connectivity index (χ1n) is 5.36. The second kappa shape index (κ2) is 4.75. The van der Waals surface area contributed by atoms with Crippen LogP contribution in [0.2, 0.25) is 0 Å². The molecule has 0 aliphatic carbocycles. The number of aromatic hydroxyl groups is 1. The molecule has 1 amide bonds. The molecular weight excluding hydrogens is 232 g/mol. The molecule has 1 aromatic heterocycles. The second-order valence-electron chi connectivity index (χ2n) is 3.92. The quantitative estimate of drug-likeness (QED) is 0.702. The lowest BCUT2D eigenvalue weighted by Crippen LogP contribution is -2.14. The van der Waals surface area contributed by atoms with Crippen molar-refractivity contribution in [3.63, 3.8) is 0 Å². The summed E-state index contributed by atoms with van der Waals surface area (Å²) in [5.74, 6) is -0.391. The van der Waals surface area contributed by atoms with Crippen LogP contribution in [0.1, 0.15) is 15.9 Å². The Morgan fingerprint density at radius 1 is 1.28 bits per heavy atom. The molecule has 2 rings (SSSR count). The number of pyridine rings is 1. The Bertz CT molecular complexity index is 626. The van der Waals surface area contributed by atoms with Crippen molar-refractivity contribution >= 4 is 11.6 Å². The third-order valence-electron chi connectivity index (χ3n) is 2.45. The molecular formula is C13H12N2O3. The van der Waals surface area contributed by atoms with Crippen LogP contribution < -0.4 is 10.9 Å². The minimum atomic E-state index is -0.398. The molecule has 0 radical (unpaired) electrons. The van der Waals surface area contributed by atoms with Gasteiger partial charge in [-0.2, -0.15) is 0 Å². The second-order valence-corrected chi connectivity index (χ2v) is 3.92. The lowest BCUT2D eigenvalue weighted by atomic mass is 10.2. The van der Waals surface area contributed by atoms with E-state index in [0.717, 1.165) is 5.56 Å². The number of rotatable bonds is 2. The van der Waals surface area contributed by atoms with Crippen LogP contribution in [-0.4, -0.2) is 16.0 Å². The molecule has 0 spiro atoms. The first kappa shape index (κ1) is 11.9. The third-order valence-corrected chi connectivity index (χ3v) is 2.45. The number of carbonyl (C=O) groups excluding carboxylic acids is 1. The lowest BCUT2D eigenvalue weighted by molar-refractivity contribution is 0.102. The minimum absolute atomic E-state index is 0.00720. The van der Waals surface area contributed by atoms with Gasteiger partial charge in [0, 0.05) is 12.3 Å². The average molecular weight is 244 g/mol. The predicted molar refractivity (Wildman–Crippen MR) is 67.9 cm³/mol. The summed E-state index contributed by atoms with van der Waals surface area (Å²) < 4.78 is 0. The largest absolute Gasteiger partial charge is 0.506 e. The summed E-state index contributed by atoms with van der Waals surface area (Å²) in [4.78, 5) is 25.1. The SMILES string of the molecule is Cc1ccc(NC(=O)c2ccc(=O)[nH]c2)c(O)c1. The van der Waals surface area contributed by atoms with E-state index in [2.05, 4.69) is 10.3 Å². The highest BCUT2D eigenvalue weighted by Crippen LogP contribution is 2.24. The van der Waals surface area contributed by atoms with Gasteiger partial charge in [-0.15, -0.1) is 0 Å². The van der Waals surface area contributed by atoms with E-state index in [1.165, 1.54) is 18.3 Å². The number of benzene rings is 1. The maximum Gasteiger partial charge on any atom is 0.257 e.